The van der Waals surface area contributed by atoms with E-state index in [0.717, 1.165) is 75.1 Å². The summed E-state index contributed by atoms with van der Waals surface area (Å²) >= 11 is 1.54. The van der Waals surface area contributed by atoms with Gasteiger partial charge >= 0.3 is 0 Å². The van der Waals surface area contributed by atoms with Crippen molar-refractivity contribution in [2.45, 2.75) is 37.2 Å². The minimum absolute atomic E-state index is 0.192. The van der Waals surface area contributed by atoms with E-state index in [4.69, 9.17) is 9.72 Å². The summed E-state index contributed by atoms with van der Waals surface area (Å²) in [6, 6.07) is 20.9. The first-order valence-corrected chi connectivity index (χ1v) is 13.1. The van der Waals surface area contributed by atoms with Gasteiger partial charge in [0.1, 0.15) is 0 Å². The first-order valence-electron chi connectivity index (χ1n) is 12.2. The van der Waals surface area contributed by atoms with E-state index in [-0.39, 0.29) is 12.0 Å². The second-order valence-corrected chi connectivity index (χ2v) is 9.91. The Kier molecular flexibility index (Phi) is 7.63. The molecule has 34 heavy (non-hydrogen) atoms. The molecular weight excluding hydrogens is 444 g/mol. The second-order valence-electron chi connectivity index (χ2n) is 8.97. The first kappa shape index (κ1) is 23.1. The summed E-state index contributed by atoms with van der Waals surface area (Å²) in [5.41, 5.74) is 3.55. The van der Waals surface area contributed by atoms with Crippen molar-refractivity contribution in [2.75, 3.05) is 38.5 Å². The van der Waals surface area contributed by atoms with E-state index in [1.54, 1.807) is 11.8 Å². The summed E-state index contributed by atoms with van der Waals surface area (Å²) in [6.45, 7) is 5.95. The molecule has 0 N–H and O–H groups in total. The van der Waals surface area contributed by atoms with Gasteiger partial charge in [-0.15, -0.1) is 0 Å². The molecular formula is C27H32N4O2S. The molecule has 5 rings (SSSR count). The Hall–Kier alpha value is -2.61. The van der Waals surface area contributed by atoms with Gasteiger partial charge in [-0.1, -0.05) is 72.4 Å². The number of aromatic nitrogens is 2. The number of amides is 1. The molecule has 1 aromatic heterocycles. The predicted molar refractivity (Wildman–Crippen MR) is 136 cm³/mol. The van der Waals surface area contributed by atoms with Crippen LogP contribution in [-0.2, 0) is 22.6 Å². The van der Waals surface area contributed by atoms with Gasteiger partial charge in [-0.25, -0.2) is 4.98 Å². The Morgan fingerprint density at radius 1 is 1.00 bits per heavy atom. The number of hydrogen-bond acceptors (Lipinski definition) is 5. The smallest absolute Gasteiger partial charge is 0.233 e. The molecule has 7 heteroatoms. The molecule has 0 bridgehead atoms. The topological polar surface area (TPSA) is 50.6 Å². The quantitative estimate of drug-likeness (QED) is 0.457. The summed E-state index contributed by atoms with van der Waals surface area (Å²) in [5.74, 6) is 0.604. The van der Waals surface area contributed by atoms with Crippen molar-refractivity contribution in [3.63, 3.8) is 0 Å². The van der Waals surface area contributed by atoms with Gasteiger partial charge < -0.3 is 14.2 Å². The molecule has 0 radical (unpaired) electrons. The minimum atomic E-state index is 0.192. The highest BCUT2D eigenvalue weighted by Crippen LogP contribution is 2.28. The van der Waals surface area contributed by atoms with Crippen LogP contribution in [0.5, 0.6) is 0 Å². The molecule has 2 fully saturated rings. The number of carbonyl (C=O) groups excluding carboxylic acids is 1. The lowest BCUT2D eigenvalue weighted by molar-refractivity contribution is -0.130. The molecule has 2 aromatic carbocycles. The maximum atomic E-state index is 13.0. The van der Waals surface area contributed by atoms with Gasteiger partial charge in [0.25, 0.3) is 0 Å². The first-order chi connectivity index (χ1) is 16.8. The summed E-state index contributed by atoms with van der Waals surface area (Å²) in [7, 11) is 0. The normalized spacial score (nSPS) is 18.9. The third kappa shape index (κ3) is 5.71. The molecule has 0 saturated carbocycles. The van der Waals surface area contributed by atoms with Crippen molar-refractivity contribution in [2.24, 2.45) is 0 Å². The van der Waals surface area contributed by atoms with Crippen LogP contribution in [0.3, 0.4) is 0 Å². The van der Waals surface area contributed by atoms with Gasteiger partial charge in [0.15, 0.2) is 5.16 Å². The van der Waals surface area contributed by atoms with Crippen LogP contribution in [0.4, 0.5) is 0 Å². The van der Waals surface area contributed by atoms with Gasteiger partial charge in [0, 0.05) is 39.3 Å². The lowest BCUT2D eigenvalue weighted by Crippen LogP contribution is -2.48. The molecule has 1 unspecified atom stereocenters. The van der Waals surface area contributed by atoms with Crippen molar-refractivity contribution in [1.82, 2.24) is 19.4 Å². The second kappa shape index (κ2) is 11.2. The molecule has 6 nitrogen and oxygen atoms in total. The van der Waals surface area contributed by atoms with E-state index in [9.17, 15) is 4.79 Å². The number of nitrogens with zero attached hydrogens (tertiary/aromatic N) is 4. The van der Waals surface area contributed by atoms with Crippen LogP contribution in [-0.4, -0.2) is 69.9 Å². The Morgan fingerprint density at radius 2 is 1.74 bits per heavy atom. The zero-order valence-corrected chi connectivity index (χ0v) is 20.3. The number of imidazole rings is 1. The van der Waals surface area contributed by atoms with Crippen molar-refractivity contribution in [3.05, 3.63) is 72.4 Å². The van der Waals surface area contributed by atoms with E-state index < -0.39 is 0 Å². The molecule has 2 aliphatic heterocycles. The molecule has 3 heterocycles. The number of carbonyl (C=O) groups is 1. The van der Waals surface area contributed by atoms with E-state index >= 15 is 0 Å². The number of hydrogen-bond donors (Lipinski definition) is 0. The molecule has 178 valence electrons. The van der Waals surface area contributed by atoms with E-state index in [0.29, 0.717) is 5.75 Å². The number of piperazine rings is 1. The number of ether oxygens (including phenoxy) is 1. The van der Waals surface area contributed by atoms with E-state index in [1.165, 1.54) is 5.56 Å². The maximum Gasteiger partial charge on any atom is 0.233 e. The molecule has 3 aromatic rings. The lowest BCUT2D eigenvalue weighted by atomic mass is 10.1. The van der Waals surface area contributed by atoms with Gasteiger partial charge in [0.05, 0.1) is 30.3 Å². The van der Waals surface area contributed by atoms with Crippen LogP contribution in [0, 0.1) is 0 Å². The Morgan fingerprint density at radius 3 is 2.44 bits per heavy atom. The van der Waals surface area contributed by atoms with E-state index in [1.807, 2.05) is 35.4 Å². The fourth-order valence-corrected chi connectivity index (χ4v) is 5.59. The number of rotatable bonds is 8. The van der Waals surface area contributed by atoms with Gasteiger partial charge in [0.2, 0.25) is 5.91 Å². The van der Waals surface area contributed by atoms with Gasteiger partial charge in [-0.2, -0.15) is 0 Å². The lowest BCUT2D eigenvalue weighted by Gasteiger charge is -2.34. The van der Waals surface area contributed by atoms with Gasteiger partial charge in [-0.05, 0) is 24.0 Å². The molecule has 1 atom stereocenters. The van der Waals surface area contributed by atoms with Crippen molar-refractivity contribution in [3.8, 4) is 11.3 Å². The monoisotopic (exact) mass is 476 g/mol. The largest absolute Gasteiger partial charge is 0.376 e. The van der Waals surface area contributed by atoms with Crippen LogP contribution in [0.2, 0.25) is 0 Å². The molecule has 1 amide bonds. The molecule has 2 aliphatic rings. The SMILES string of the molecule is O=C(CSc1ncc(-c2ccccc2)n1CC1CCCO1)N1CCN(Cc2ccccc2)CC1. The van der Waals surface area contributed by atoms with E-state index in [2.05, 4.69) is 45.9 Å². The minimum Gasteiger partial charge on any atom is -0.376 e. The summed E-state index contributed by atoms with van der Waals surface area (Å²) in [5, 5.41) is 0.894. The molecule has 0 spiro atoms. The van der Waals surface area contributed by atoms with Crippen LogP contribution >= 0.6 is 11.8 Å². The fourth-order valence-electron chi connectivity index (χ4n) is 4.70. The summed E-state index contributed by atoms with van der Waals surface area (Å²) in [6.07, 6.45) is 4.32. The van der Waals surface area contributed by atoms with Crippen LogP contribution in [0.1, 0.15) is 18.4 Å². The van der Waals surface area contributed by atoms with Crippen LogP contribution in [0.25, 0.3) is 11.3 Å². The predicted octanol–water partition coefficient (Wildman–Crippen LogP) is 4.17. The van der Waals surface area contributed by atoms with Gasteiger partial charge in [-0.3, -0.25) is 9.69 Å². The van der Waals surface area contributed by atoms with Crippen LogP contribution in [0.15, 0.2) is 72.0 Å². The number of benzene rings is 2. The summed E-state index contributed by atoms with van der Waals surface area (Å²) < 4.78 is 8.14. The average Bonchev–Trinajstić information content (AvgIpc) is 3.55. The van der Waals surface area contributed by atoms with Crippen molar-refractivity contribution in [1.29, 1.82) is 0 Å². The summed E-state index contributed by atoms with van der Waals surface area (Å²) in [4.78, 5) is 22.1. The Bertz CT molecular complexity index is 1060. The third-order valence-electron chi connectivity index (χ3n) is 6.60. The fraction of sp³-hybridized carbons (Fsp3) is 0.407. The Labute approximate surface area is 205 Å². The highest BCUT2D eigenvalue weighted by Gasteiger charge is 2.24. The number of thioether (sulfide) groups is 1. The average molecular weight is 477 g/mol. The highest BCUT2D eigenvalue weighted by molar-refractivity contribution is 7.99. The molecule has 2 saturated heterocycles. The Balaban J connectivity index is 1.19. The third-order valence-corrected chi connectivity index (χ3v) is 7.57. The zero-order valence-electron chi connectivity index (χ0n) is 19.5. The van der Waals surface area contributed by atoms with Crippen LogP contribution < -0.4 is 0 Å². The molecule has 0 aliphatic carbocycles. The standard InChI is InChI=1S/C27H32N4O2S/c32-26(30-15-13-29(14-16-30)19-22-8-3-1-4-9-22)21-34-27-28-18-25(23-10-5-2-6-11-23)31(27)20-24-12-7-17-33-24/h1-6,8-11,18,24H,7,12-17,19-21H2. The highest BCUT2D eigenvalue weighted by atomic mass is 32.2. The van der Waals surface area contributed by atoms with Crippen molar-refractivity contribution >= 4 is 17.7 Å². The van der Waals surface area contributed by atoms with Crippen molar-refractivity contribution < 1.29 is 9.53 Å². The zero-order chi connectivity index (χ0) is 23.2. The maximum absolute atomic E-state index is 13.0.